The first kappa shape index (κ1) is 10.5. The molecule has 1 aliphatic rings. The van der Waals surface area contributed by atoms with Crippen molar-refractivity contribution >= 4 is 5.97 Å². The second-order valence-corrected chi connectivity index (χ2v) is 3.31. The van der Waals surface area contributed by atoms with Crippen molar-refractivity contribution in [3.8, 4) is 0 Å². The number of hydrogen-bond donors (Lipinski definition) is 0. The molecule has 3 unspecified atom stereocenters. The minimum Gasteiger partial charge on any atom is -0.436 e. The van der Waals surface area contributed by atoms with Crippen LogP contribution in [-0.2, 0) is 19.0 Å². The predicted octanol–water partition coefficient (Wildman–Crippen LogP) is 1.09. The molecule has 0 aromatic rings. The Morgan fingerprint density at radius 1 is 1.46 bits per heavy atom. The molecule has 76 valence electrons. The van der Waals surface area contributed by atoms with Crippen LogP contribution in [0.2, 0.25) is 0 Å². The van der Waals surface area contributed by atoms with Crippen LogP contribution >= 0.6 is 0 Å². The summed E-state index contributed by atoms with van der Waals surface area (Å²) >= 11 is 0. The van der Waals surface area contributed by atoms with Crippen molar-refractivity contribution in [2.24, 2.45) is 0 Å². The van der Waals surface area contributed by atoms with Crippen LogP contribution in [0.3, 0.4) is 0 Å². The zero-order valence-corrected chi connectivity index (χ0v) is 8.28. The van der Waals surface area contributed by atoms with Gasteiger partial charge in [0.25, 0.3) is 0 Å². The molecule has 0 aromatic carbocycles. The maximum absolute atomic E-state index is 10.7. The lowest BCUT2D eigenvalue weighted by molar-refractivity contribution is -0.214. The SMILES string of the molecule is COC1CC(C)OC(OC(C)=O)C1. The van der Waals surface area contributed by atoms with E-state index in [-0.39, 0.29) is 18.2 Å². The average Bonchev–Trinajstić information content (AvgIpc) is 2.01. The molecule has 4 heteroatoms. The summed E-state index contributed by atoms with van der Waals surface area (Å²) in [6.07, 6.45) is 1.26. The van der Waals surface area contributed by atoms with Gasteiger partial charge in [0.05, 0.1) is 12.2 Å². The molecule has 4 nitrogen and oxygen atoms in total. The van der Waals surface area contributed by atoms with Crippen LogP contribution in [0.5, 0.6) is 0 Å². The highest BCUT2D eigenvalue weighted by Gasteiger charge is 2.28. The summed E-state index contributed by atoms with van der Waals surface area (Å²) in [5.74, 6) is -0.311. The van der Waals surface area contributed by atoms with Gasteiger partial charge in [0.15, 0.2) is 0 Å². The molecule has 3 atom stereocenters. The van der Waals surface area contributed by atoms with Crippen LogP contribution in [0.1, 0.15) is 26.7 Å². The zero-order valence-electron chi connectivity index (χ0n) is 8.28. The van der Waals surface area contributed by atoms with Gasteiger partial charge in [-0.25, -0.2) is 0 Å². The number of rotatable bonds is 2. The Hall–Kier alpha value is -0.610. The normalized spacial score (nSPS) is 34.2. The van der Waals surface area contributed by atoms with Gasteiger partial charge in [-0.3, -0.25) is 4.79 Å². The monoisotopic (exact) mass is 188 g/mol. The molecule has 0 saturated carbocycles. The summed E-state index contributed by atoms with van der Waals surface area (Å²) in [7, 11) is 1.66. The Labute approximate surface area is 78.2 Å². The number of methoxy groups -OCH3 is 1. The van der Waals surface area contributed by atoms with Gasteiger partial charge in [-0.2, -0.15) is 0 Å². The van der Waals surface area contributed by atoms with Crippen LogP contribution in [0.4, 0.5) is 0 Å². The van der Waals surface area contributed by atoms with Gasteiger partial charge in [0, 0.05) is 20.5 Å². The average molecular weight is 188 g/mol. The Balaban J connectivity index is 2.42. The van der Waals surface area contributed by atoms with E-state index in [0.29, 0.717) is 6.42 Å². The molecule has 1 fully saturated rings. The standard InChI is InChI=1S/C9H16O4/c1-6-4-8(11-3)5-9(12-6)13-7(2)10/h6,8-9H,4-5H2,1-3H3. The van der Waals surface area contributed by atoms with E-state index in [4.69, 9.17) is 14.2 Å². The fourth-order valence-electron chi connectivity index (χ4n) is 1.50. The van der Waals surface area contributed by atoms with Crippen molar-refractivity contribution in [2.45, 2.75) is 45.2 Å². The van der Waals surface area contributed by atoms with Crippen molar-refractivity contribution in [3.63, 3.8) is 0 Å². The number of hydrogen-bond acceptors (Lipinski definition) is 4. The molecule has 0 spiro atoms. The van der Waals surface area contributed by atoms with Crippen LogP contribution < -0.4 is 0 Å². The Bertz CT molecular complexity index is 180. The van der Waals surface area contributed by atoms with Gasteiger partial charge in [-0.05, 0) is 13.3 Å². The third kappa shape index (κ3) is 3.32. The lowest BCUT2D eigenvalue weighted by Crippen LogP contribution is -2.37. The topological polar surface area (TPSA) is 44.8 Å². The van der Waals surface area contributed by atoms with E-state index in [9.17, 15) is 4.79 Å². The summed E-state index contributed by atoms with van der Waals surface area (Å²) in [6, 6.07) is 0. The van der Waals surface area contributed by atoms with Crippen molar-refractivity contribution < 1.29 is 19.0 Å². The van der Waals surface area contributed by atoms with E-state index in [0.717, 1.165) is 6.42 Å². The fraction of sp³-hybridized carbons (Fsp3) is 0.889. The Kier molecular flexibility index (Phi) is 3.69. The van der Waals surface area contributed by atoms with Gasteiger partial charge < -0.3 is 14.2 Å². The second-order valence-electron chi connectivity index (χ2n) is 3.31. The smallest absolute Gasteiger partial charge is 0.304 e. The summed E-state index contributed by atoms with van der Waals surface area (Å²) in [5.41, 5.74) is 0. The molecule has 0 radical (unpaired) electrons. The molecule has 1 saturated heterocycles. The molecule has 1 heterocycles. The fourth-order valence-corrected chi connectivity index (χ4v) is 1.50. The molecule has 1 rings (SSSR count). The van der Waals surface area contributed by atoms with Crippen molar-refractivity contribution in [2.75, 3.05) is 7.11 Å². The summed E-state index contributed by atoms with van der Waals surface area (Å²) < 4.78 is 15.6. The van der Waals surface area contributed by atoms with Gasteiger partial charge >= 0.3 is 5.97 Å². The number of esters is 1. The van der Waals surface area contributed by atoms with Crippen LogP contribution in [0.15, 0.2) is 0 Å². The molecule has 13 heavy (non-hydrogen) atoms. The quantitative estimate of drug-likeness (QED) is 0.608. The third-order valence-corrected chi connectivity index (χ3v) is 2.06. The largest absolute Gasteiger partial charge is 0.436 e. The molecule has 0 bridgehead atoms. The van der Waals surface area contributed by atoms with E-state index in [2.05, 4.69) is 0 Å². The highest BCUT2D eigenvalue weighted by Crippen LogP contribution is 2.22. The first-order valence-electron chi connectivity index (χ1n) is 4.47. The van der Waals surface area contributed by atoms with E-state index in [1.165, 1.54) is 6.92 Å². The number of carbonyl (C=O) groups is 1. The van der Waals surface area contributed by atoms with Crippen molar-refractivity contribution in [1.82, 2.24) is 0 Å². The Morgan fingerprint density at radius 2 is 2.15 bits per heavy atom. The van der Waals surface area contributed by atoms with Crippen LogP contribution in [0.25, 0.3) is 0 Å². The summed E-state index contributed by atoms with van der Waals surface area (Å²) in [4.78, 5) is 10.7. The van der Waals surface area contributed by atoms with E-state index < -0.39 is 6.29 Å². The van der Waals surface area contributed by atoms with Gasteiger partial charge in [0.1, 0.15) is 0 Å². The lowest BCUT2D eigenvalue weighted by atomic mass is 10.1. The van der Waals surface area contributed by atoms with Gasteiger partial charge in [-0.15, -0.1) is 0 Å². The number of carbonyl (C=O) groups excluding carboxylic acids is 1. The summed E-state index contributed by atoms with van der Waals surface area (Å²) in [5, 5.41) is 0. The van der Waals surface area contributed by atoms with E-state index in [1.807, 2.05) is 6.92 Å². The minimum atomic E-state index is -0.439. The third-order valence-electron chi connectivity index (χ3n) is 2.06. The molecule has 0 aliphatic carbocycles. The zero-order chi connectivity index (χ0) is 9.84. The Morgan fingerprint density at radius 3 is 2.69 bits per heavy atom. The second kappa shape index (κ2) is 4.58. The molecule has 1 aliphatic heterocycles. The minimum absolute atomic E-state index is 0.0862. The van der Waals surface area contributed by atoms with Crippen LogP contribution in [-0.4, -0.2) is 31.6 Å². The molecule has 0 amide bonds. The first-order chi connectivity index (χ1) is 6.11. The predicted molar refractivity (Wildman–Crippen MR) is 46.1 cm³/mol. The van der Waals surface area contributed by atoms with Gasteiger partial charge in [0.2, 0.25) is 6.29 Å². The number of ether oxygens (including phenoxy) is 3. The van der Waals surface area contributed by atoms with Crippen molar-refractivity contribution in [3.05, 3.63) is 0 Å². The molecular weight excluding hydrogens is 172 g/mol. The summed E-state index contributed by atoms with van der Waals surface area (Å²) in [6.45, 7) is 3.33. The molecular formula is C9H16O4. The highest BCUT2D eigenvalue weighted by molar-refractivity contribution is 5.66. The molecule has 0 aromatic heterocycles. The lowest BCUT2D eigenvalue weighted by Gasteiger charge is -2.32. The highest BCUT2D eigenvalue weighted by atomic mass is 16.7. The van der Waals surface area contributed by atoms with Gasteiger partial charge in [-0.1, -0.05) is 0 Å². The maximum atomic E-state index is 10.7. The van der Waals surface area contributed by atoms with E-state index in [1.54, 1.807) is 7.11 Å². The van der Waals surface area contributed by atoms with Crippen molar-refractivity contribution in [1.29, 1.82) is 0 Å². The maximum Gasteiger partial charge on any atom is 0.304 e. The van der Waals surface area contributed by atoms with E-state index >= 15 is 0 Å². The van der Waals surface area contributed by atoms with Crippen LogP contribution in [0, 0.1) is 0 Å². The molecule has 0 N–H and O–H groups in total. The first-order valence-corrected chi connectivity index (χ1v) is 4.47.